The number of rotatable bonds is 7. The number of hydrazone groups is 1. The summed E-state index contributed by atoms with van der Waals surface area (Å²) in [4.78, 5) is 38.4. The molecule has 156 valence electrons. The van der Waals surface area contributed by atoms with E-state index in [2.05, 4.69) is 5.10 Å². The van der Waals surface area contributed by atoms with Gasteiger partial charge in [0.1, 0.15) is 11.5 Å². The monoisotopic (exact) mass is 411 g/mol. The summed E-state index contributed by atoms with van der Waals surface area (Å²) in [5.41, 5.74) is 1.28. The van der Waals surface area contributed by atoms with E-state index >= 15 is 0 Å². The van der Waals surface area contributed by atoms with E-state index in [1.807, 2.05) is 6.07 Å². The molecule has 0 unspecified atom stereocenters. The number of esters is 1. The number of hydrogen-bond acceptors (Lipinski definition) is 5. The Balaban J connectivity index is 1.61. The number of carbonyl (C=O) groups is 3. The van der Waals surface area contributed by atoms with Crippen molar-refractivity contribution in [1.82, 2.24) is 4.90 Å². The van der Waals surface area contributed by atoms with E-state index < -0.39 is 18.5 Å². The van der Waals surface area contributed by atoms with Crippen molar-refractivity contribution in [2.45, 2.75) is 26.3 Å². The van der Waals surface area contributed by atoms with Gasteiger partial charge in [-0.1, -0.05) is 30.3 Å². The van der Waals surface area contributed by atoms with Crippen LogP contribution in [-0.2, 0) is 25.7 Å². The maximum Gasteiger partial charge on any atom is 0.355 e. The van der Waals surface area contributed by atoms with Gasteiger partial charge in [0.25, 0.3) is 5.91 Å². The molecule has 0 aliphatic carbocycles. The highest BCUT2D eigenvalue weighted by Gasteiger charge is 2.27. The first-order valence-corrected chi connectivity index (χ1v) is 9.62. The summed E-state index contributed by atoms with van der Waals surface area (Å²) >= 11 is 0. The first kappa shape index (κ1) is 21.2. The van der Waals surface area contributed by atoms with Crippen LogP contribution in [0.15, 0.2) is 59.7 Å². The van der Waals surface area contributed by atoms with Crippen LogP contribution in [0.3, 0.4) is 0 Å². The van der Waals surface area contributed by atoms with Crippen LogP contribution in [0.5, 0.6) is 0 Å². The molecule has 2 aromatic carbocycles. The van der Waals surface area contributed by atoms with Crippen molar-refractivity contribution in [3.05, 3.63) is 66.0 Å². The Morgan fingerprint density at radius 1 is 1.13 bits per heavy atom. The number of halogens is 1. The average molecular weight is 411 g/mol. The van der Waals surface area contributed by atoms with Crippen molar-refractivity contribution in [2.24, 2.45) is 5.10 Å². The molecule has 0 bridgehead atoms. The van der Waals surface area contributed by atoms with Gasteiger partial charge in [-0.2, -0.15) is 5.10 Å². The molecule has 0 aromatic heterocycles. The molecule has 1 aliphatic heterocycles. The lowest BCUT2D eigenvalue weighted by Crippen LogP contribution is -2.37. The minimum absolute atomic E-state index is 0.0828. The molecule has 0 spiro atoms. The van der Waals surface area contributed by atoms with E-state index in [-0.39, 0.29) is 36.8 Å². The lowest BCUT2D eigenvalue weighted by Gasteiger charge is -2.23. The second-order valence-corrected chi connectivity index (χ2v) is 6.70. The number of amides is 2. The largest absolute Gasteiger partial charge is 0.451 e. The Bertz CT molecular complexity index is 962. The summed E-state index contributed by atoms with van der Waals surface area (Å²) in [7, 11) is 0. The van der Waals surface area contributed by atoms with Gasteiger partial charge in [0.15, 0.2) is 6.61 Å². The van der Waals surface area contributed by atoms with Crippen molar-refractivity contribution in [2.75, 3.05) is 18.2 Å². The lowest BCUT2D eigenvalue weighted by molar-refractivity contribution is -0.147. The summed E-state index contributed by atoms with van der Waals surface area (Å²) < 4.78 is 18.5. The summed E-state index contributed by atoms with van der Waals surface area (Å²) in [5.74, 6) is -1.74. The molecule has 2 aromatic rings. The van der Waals surface area contributed by atoms with Crippen LogP contribution >= 0.6 is 0 Å². The molecular formula is C22H22FN3O4. The minimum atomic E-state index is -0.737. The van der Waals surface area contributed by atoms with Gasteiger partial charge in [0.05, 0.1) is 5.69 Å². The summed E-state index contributed by atoms with van der Waals surface area (Å²) in [6.07, 6.45) is 0.271. The summed E-state index contributed by atoms with van der Waals surface area (Å²) in [6, 6.07) is 14.7. The van der Waals surface area contributed by atoms with Crippen molar-refractivity contribution < 1.29 is 23.5 Å². The fourth-order valence-electron chi connectivity index (χ4n) is 3.01. The number of nitrogens with zero attached hydrogens (tertiary/aromatic N) is 3. The Hall–Kier alpha value is -3.55. The van der Waals surface area contributed by atoms with Gasteiger partial charge in [-0.05, 0) is 36.8 Å². The maximum absolute atomic E-state index is 13.4. The second-order valence-electron chi connectivity index (χ2n) is 6.70. The fourth-order valence-corrected chi connectivity index (χ4v) is 3.01. The van der Waals surface area contributed by atoms with Crippen molar-refractivity contribution in [3.8, 4) is 0 Å². The first-order valence-electron chi connectivity index (χ1n) is 9.62. The molecule has 1 heterocycles. The van der Waals surface area contributed by atoms with Crippen molar-refractivity contribution >= 4 is 29.2 Å². The van der Waals surface area contributed by atoms with E-state index in [4.69, 9.17) is 4.74 Å². The van der Waals surface area contributed by atoms with Gasteiger partial charge >= 0.3 is 5.97 Å². The Morgan fingerprint density at radius 3 is 2.60 bits per heavy atom. The maximum atomic E-state index is 13.4. The van der Waals surface area contributed by atoms with Crippen LogP contribution in [0.2, 0.25) is 0 Å². The zero-order valence-electron chi connectivity index (χ0n) is 16.6. The number of ether oxygens (including phenoxy) is 1. The highest BCUT2D eigenvalue weighted by atomic mass is 19.1. The number of benzene rings is 2. The molecule has 0 atom stereocenters. The Kier molecular flexibility index (Phi) is 6.90. The highest BCUT2D eigenvalue weighted by molar-refractivity contribution is 6.38. The highest BCUT2D eigenvalue weighted by Crippen LogP contribution is 2.20. The molecular weight excluding hydrogens is 389 g/mol. The third-order valence-electron chi connectivity index (χ3n) is 4.59. The smallest absolute Gasteiger partial charge is 0.355 e. The predicted octanol–water partition coefficient (Wildman–Crippen LogP) is 2.90. The van der Waals surface area contributed by atoms with E-state index in [0.717, 1.165) is 0 Å². The first-order chi connectivity index (χ1) is 14.5. The molecule has 0 saturated heterocycles. The standard InChI is InChI=1S/C22H22FN3O4/c1-2-25(14-16-7-6-8-17(23)13-16)21(28)15-30-22(29)19-11-12-20(27)26(24-19)18-9-4-3-5-10-18/h3-10,13H,2,11-12,14-15H2,1H3. The third kappa shape index (κ3) is 5.28. The number of hydrogen-bond donors (Lipinski definition) is 0. The zero-order chi connectivity index (χ0) is 21.5. The number of carbonyl (C=O) groups excluding carboxylic acids is 3. The number of para-hydroxylation sites is 1. The normalized spacial score (nSPS) is 13.6. The Morgan fingerprint density at radius 2 is 1.90 bits per heavy atom. The van der Waals surface area contributed by atoms with E-state index in [1.54, 1.807) is 43.3 Å². The van der Waals surface area contributed by atoms with Crippen LogP contribution in [-0.4, -0.2) is 41.5 Å². The molecule has 3 rings (SSSR count). The molecule has 0 radical (unpaired) electrons. The Labute approximate surface area is 173 Å². The van der Waals surface area contributed by atoms with E-state index in [0.29, 0.717) is 17.8 Å². The number of likely N-dealkylation sites (N-methyl/N-ethyl adjacent to an activating group) is 1. The van der Waals surface area contributed by atoms with Gasteiger partial charge < -0.3 is 9.64 Å². The SMILES string of the molecule is CCN(Cc1cccc(F)c1)C(=O)COC(=O)C1=NN(c2ccccc2)C(=O)CC1. The lowest BCUT2D eigenvalue weighted by atomic mass is 10.1. The minimum Gasteiger partial charge on any atom is -0.451 e. The summed E-state index contributed by atoms with van der Waals surface area (Å²) in [5, 5.41) is 5.28. The second kappa shape index (κ2) is 9.78. The zero-order valence-corrected chi connectivity index (χ0v) is 16.6. The molecule has 8 heteroatoms. The molecule has 0 N–H and O–H groups in total. The molecule has 0 fully saturated rings. The van der Waals surface area contributed by atoms with Gasteiger partial charge in [-0.3, -0.25) is 9.59 Å². The topological polar surface area (TPSA) is 79.3 Å². The molecule has 0 saturated carbocycles. The van der Waals surface area contributed by atoms with Crippen LogP contribution in [0.1, 0.15) is 25.3 Å². The summed E-state index contributed by atoms with van der Waals surface area (Å²) in [6.45, 7) is 1.92. The van der Waals surface area contributed by atoms with Crippen LogP contribution in [0.25, 0.3) is 0 Å². The fraction of sp³-hybridized carbons (Fsp3) is 0.273. The molecule has 7 nitrogen and oxygen atoms in total. The molecule has 2 amide bonds. The van der Waals surface area contributed by atoms with Gasteiger partial charge in [-0.15, -0.1) is 0 Å². The quantitative estimate of drug-likeness (QED) is 0.657. The average Bonchev–Trinajstić information content (AvgIpc) is 2.76. The van der Waals surface area contributed by atoms with E-state index in [9.17, 15) is 18.8 Å². The van der Waals surface area contributed by atoms with Crippen molar-refractivity contribution in [1.29, 1.82) is 0 Å². The van der Waals surface area contributed by atoms with Gasteiger partial charge in [0.2, 0.25) is 5.91 Å². The van der Waals surface area contributed by atoms with Gasteiger partial charge in [-0.25, -0.2) is 14.2 Å². The van der Waals surface area contributed by atoms with Crippen LogP contribution < -0.4 is 5.01 Å². The third-order valence-corrected chi connectivity index (χ3v) is 4.59. The van der Waals surface area contributed by atoms with Gasteiger partial charge in [0, 0.05) is 25.9 Å². The van der Waals surface area contributed by atoms with Crippen molar-refractivity contribution in [3.63, 3.8) is 0 Å². The van der Waals surface area contributed by atoms with Crippen LogP contribution in [0, 0.1) is 5.82 Å². The van der Waals surface area contributed by atoms with Crippen LogP contribution in [0.4, 0.5) is 10.1 Å². The van der Waals surface area contributed by atoms with E-state index in [1.165, 1.54) is 22.0 Å². The predicted molar refractivity (Wildman–Crippen MR) is 109 cm³/mol. The molecule has 30 heavy (non-hydrogen) atoms. The molecule has 1 aliphatic rings. The number of anilines is 1.